The molecule has 2 N–H and O–H groups in total. The molecule has 1 amide bonds. The third kappa shape index (κ3) is 3.66. The van der Waals surface area contributed by atoms with Crippen LogP contribution < -0.4 is 10.6 Å². The molecule has 132 valence electrons. The smallest absolute Gasteiger partial charge is 0.254 e. The van der Waals surface area contributed by atoms with E-state index in [4.69, 9.17) is 5.73 Å². The number of rotatable bonds is 3. The van der Waals surface area contributed by atoms with E-state index in [-0.39, 0.29) is 5.91 Å². The van der Waals surface area contributed by atoms with Gasteiger partial charge in [-0.1, -0.05) is 18.2 Å². The molecule has 0 atom stereocenters. The summed E-state index contributed by atoms with van der Waals surface area (Å²) in [6, 6.07) is 8.04. The van der Waals surface area contributed by atoms with Crippen molar-refractivity contribution in [1.29, 1.82) is 0 Å². The van der Waals surface area contributed by atoms with Gasteiger partial charge < -0.3 is 15.5 Å². The largest absolute Gasteiger partial charge is 0.353 e. The molecule has 2 aromatic rings. The fraction of sp³-hybridized carbons (Fsp3) is 0.400. The van der Waals surface area contributed by atoms with Gasteiger partial charge in [-0.25, -0.2) is 4.98 Å². The molecular weight excluding hydrogens is 312 g/mol. The average Bonchev–Trinajstić information content (AvgIpc) is 2.62. The van der Waals surface area contributed by atoms with Crippen LogP contribution in [0.2, 0.25) is 0 Å². The third-order valence-corrected chi connectivity index (χ3v) is 4.82. The standard InChI is InChI=1S/C20H26N4O/c1-14-10-16(3)19(22-13-14)23-6-8-24(9-7-23)20(25)18-11-17(12-21)5-4-15(18)2/h4-5,10-11,13H,6-9,12,21H2,1-3H3. The number of carbonyl (C=O) groups excluding carboxylic acids is 1. The lowest BCUT2D eigenvalue weighted by molar-refractivity contribution is 0.0745. The number of hydrogen-bond donors (Lipinski definition) is 1. The minimum atomic E-state index is 0.0982. The van der Waals surface area contributed by atoms with Crippen molar-refractivity contribution in [3.63, 3.8) is 0 Å². The van der Waals surface area contributed by atoms with Crippen LogP contribution in [0.25, 0.3) is 0 Å². The number of nitrogens with zero attached hydrogens (tertiary/aromatic N) is 3. The molecule has 5 heteroatoms. The molecule has 1 aliphatic heterocycles. The number of aryl methyl sites for hydroxylation is 3. The van der Waals surface area contributed by atoms with Crippen LogP contribution in [-0.2, 0) is 6.54 Å². The zero-order valence-electron chi connectivity index (χ0n) is 15.2. The van der Waals surface area contributed by atoms with Gasteiger partial charge in [0.05, 0.1) is 0 Å². The van der Waals surface area contributed by atoms with E-state index in [0.29, 0.717) is 19.6 Å². The Morgan fingerprint density at radius 2 is 1.80 bits per heavy atom. The summed E-state index contributed by atoms with van der Waals surface area (Å²) in [6.45, 7) is 9.60. The summed E-state index contributed by atoms with van der Waals surface area (Å²) in [5.74, 6) is 1.13. The molecule has 0 radical (unpaired) electrons. The number of carbonyl (C=O) groups is 1. The number of hydrogen-bond acceptors (Lipinski definition) is 4. The van der Waals surface area contributed by atoms with Crippen molar-refractivity contribution in [1.82, 2.24) is 9.88 Å². The highest BCUT2D eigenvalue weighted by Crippen LogP contribution is 2.21. The summed E-state index contributed by atoms with van der Waals surface area (Å²) in [4.78, 5) is 21.7. The molecule has 0 unspecified atom stereocenters. The van der Waals surface area contributed by atoms with Gasteiger partial charge >= 0.3 is 0 Å². The Labute approximate surface area is 149 Å². The lowest BCUT2D eigenvalue weighted by Crippen LogP contribution is -2.49. The van der Waals surface area contributed by atoms with Gasteiger partial charge in [0.1, 0.15) is 5.82 Å². The van der Waals surface area contributed by atoms with Crippen molar-refractivity contribution >= 4 is 11.7 Å². The summed E-state index contributed by atoms with van der Waals surface area (Å²) >= 11 is 0. The topological polar surface area (TPSA) is 62.5 Å². The number of piperazine rings is 1. The third-order valence-electron chi connectivity index (χ3n) is 4.82. The summed E-state index contributed by atoms with van der Waals surface area (Å²) in [5.41, 5.74) is 10.8. The van der Waals surface area contributed by atoms with E-state index in [0.717, 1.165) is 35.6 Å². The monoisotopic (exact) mass is 338 g/mol. The van der Waals surface area contributed by atoms with Crippen LogP contribution in [-0.4, -0.2) is 42.0 Å². The predicted octanol–water partition coefficient (Wildman–Crippen LogP) is 2.43. The van der Waals surface area contributed by atoms with E-state index in [1.54, 1.807) is 0 Å². The van der Waals surface area contributed by atoms with Gasteiger partial charge in [-0.3, -0.25) is 4.79 Å². The van der Waals surface area contributed by atoms with Crippen LogP contribution >= 0.6 is 0 Å². The lowest BCUT2D eigenvalue weighted by Gasteiger charge is -2.36. The minimum absolute atomic E-state index is 0.0982. The van der Waals surface area contributed by atoms with E-state index in [2.05, 4.69) is 29.8 Å². The number of aromatic nitrogens is 1. The summed E-state index contributed by atoms with van der Waals surface area (Å²) in [5, 5.41) is 0. The molecule has 0 aliphatic carbocycles. The fourth-order valence-electron chi connectivity index (χ4n) is 3.36. The van der Waals surface area contributed by atoms with Crippen molar-refractivity contribution in [3.05, 3.63) is 58.3 Å². The Balaban J connectivity index is 1.71. The first kappa shape index (κ1) is 17.4. The number of pyridine rings is 1. The molecule has 1 aliphatic rings. The molecule has 1 fully saturated rings. The maximum Gasteiger partial charge on any atom is 0.254 e. The molecule has 1 saturated heterocycles. The van der Waals surface area contributed by atoms with Gasteiger partial charge in [0.15, 0.2) is 0 Å². The fourth-order valence-corrected chi connectivity index (χ4v) is 3.36. The van der Waals surface area contributed by atoms with Crippen molar-refractivity contribution in [2.24, 2.45) is 5.73 Å². The first-order valence-electron chi connectivity index (χ1n) is 8.76. The summed E-state index contributed by atoms with van der Waals surface area (Å²) in [7, 11) is 0. The Bertz CT molecular complexity index is 779. The van der Waals surface area contributed by atoms with Crippen molar-refractivity contribution in [3.8, 4) is 0 Å². The second-order valence-electron chi connectivity index (χ2n) is 6.79. The number of nitrogens with two attached hydrogens (primary N) is 1. The highest BCUT2D eigenvalue weighted by molar-refractivity contribution is 5.96. The predicted molar refractivity (Wildman–Crippen MR) is 101 cm³/mol. The zero-order chi connectivity index (χ0) is 18.0. The van der Waals surface area contributed by atoms with Gasteiger partial charge in [0, 0.05) is 44.5 Å². The molecule has 2 heterocycles. The molecule has 1 aromatic carbocycles. The van der Waals surface area contributed by atoms with Crippen molar-refractivity contribution in [2.75, 3.05) is 31.1 Å². The van der Waals surface area contributed by atoms with Gasteiger partial charge in [-0.2, -0.15) is 0 Å². The molecule has 0 bridgehead atoms. The van der Waals surface area contributed by atoms with Crippen LogP contribution in [0.5, 0.6) is 0 Å². The molecule has 1 aromatic heterocycles. The SMILES string of the molecule is Cc1cnc(N2CCN(C(=O)c3cc(CN)ccc3C)CC2)c(C)c1. The van der Waals surface area contributed by atoms with Gasteiger partial charge in [-0.05, 0) is 49.1 Å². The van der Waals surface area contributed by atoms with Crippen molar-refractivity contribution < 1.29 is 4.79 Å². The Morgan fingerprint density at radius 3 is 2.44 bits per heavy atom. The van der Waals surface area contributed by atoms with Crippen LogP contribution in [0.1, 0.15) is 32.6 Å². The Kier molecular flexibility index (Phi) is 5.04. The molecule has 0 spiro atoms. The first-order valence-corrected chi connectivity index (χ1v) is 8.76. The van der Waals surface area contributed by atoms with E-state index < -0.39 is 0 Å². The minimum Gasteiger partial charge on any atom is -0.353 e. The van der Waals surface area contributed by atoms with E-state index >= 15 is 0 Å². The molecule has 25 heavy (non-hydrogen) atoms. The maximum atomic E-state index is 12.9. The van der Waals surface area contributed by atoms with Gasteiger partial charge in [0.25, 0.3) is 5.91 Å². The summed E-state index contributed by atoms with van der Waals surface area (Å²) in [6.07, 6.45) is 1.90. The average molecular weight is 338 g/mol. The zero-order valence-corrected chi connectivity index (χ0v) is 15.2. The second kappa shape index (κ2) is 7.23. The quantitative estimate of drug-likeness (QED) is 0.934. The normalized spacial score (nSPS) is 14.7. The van der Waals surface area contributed by atoms with Gasteiger partial charge in [-0.15, -0.1) is 0 Å². The number of benzene rings is 1. The van der Waals surface area contributed by atoms with Crippen LogP contribution in [0, 0.1) is 20.8 Å². The van der Waals surface area contributed by atoms with Crippen molar-refractivity contribution in [2.45, 2.75) is 27.3 Å². The van der Waals surface area contributed by atoms with E-state index in [9.17, 15) is 4.79 Å². The van der Waals surface area contributed by atoms with Crippen LogP contribution in [0.3, 0.4) is 0 Å². The molecule has 5 nitrogen and oxygen atoms in total. The Hall–Kier alpha value is -2.40. The maximum absolute atomic E-state index is 12.9. The summed E-state index contributed by atoms with van der Waals surface area (Å²) < 4.78 is 0. The second-order valence-corrected chi connectivity index (χ2v) is 6.79. The van der Waals surface area contributed by atoms with E-state index in [1.165, 1.54) is 11.1 Å². The lowest BCUT2D eigenvalue weighted by atomic mass is 10.0. The van der Waals surface area contributed by atoms with Crippen LogP contribution in [0.4, 0.5) is 5.82 Å². The highest BCUT2D eigenvalue weighted by Gasteiger charge is 2.24. The highest BCUT2D eigenvalue weighted by atomic mass is 16.2. The Morgan fingerprint density at radius 1 is 1.08 bits per heavy atom. The molecule has 0 saturated carbocycles. The van der Waals surface area contributed by atoms with Crippen LogP contribution in [0.15, 0.2) is 30.5 Å². The number of amides is 1. The van der Waals surface area contributed by atoms with Gasteiger partial charge in [0.2, 0.25) is 0 Å². The number of anilines is 1. The molecular formula is C20H26N4O. The molecule has 3 rings (SSSR count). The van der Waals surface area contributed by atoms with E-state index in [1.807, 2.05) is 36.2 Å². The first-order chi connectivity index (χ1) is 12.0.